The SMILES string of the molecule is COC(=O)C(C#N)NC(C)C. The predicted octanol–water partition coefficient (Wildman–Crippen LogP) is 0.0496. The first-order valence-corrected chi connectivity index (χ1v) is 3.35. The lowest BCUT2D eigenvalue weighted by Crippen LogP contribution is -2.40. The minimum absolute atomic E-state index is 0.0961. The minimum Gasteiger partial charge on any atom is -0.467 e. The third kappa shape index (κ3) is 3.58. The molecule has 0 aromatic carbocycles. The summed E-state index contributed by atoms with van der Waals surface area (Å²) in [6, 6.07) is 1.05. The quantitative estimate of drug-likeness (QED) is 0.586. The molecule has 0 bridgehead atoms. The molecule has 0 radical (unpaired) electrons. The van der Waals surface area contributed by atoms with Crippen molar-refractivity contribution in [2.45, 2.75) is 25.9 Å². The molecule has 4 nitrogen and oxygen atoms in total. The molecule has 11 heavy (non-hydrogen) atoms. The molecule has 4 heteroatoms. The van der Waals surface area contributed by atoms with E-state index in [9.17, 15) is 4.79 Å². The monoisotopic (exact) mass is 156 g/mol. The van der Waals surface area contributed by atoms with Gasteiger partial charge in [0, 0.05) is 6.04 Å². The Kier molecular flexibility index (Phi) is 4.23. The standard InChI is InChI=1S/C7H12N2O2/c1-5(2)9-6(4-8)7(10)11-3/h5-6,9H,1-3H3. The van der Waals surface area contributed by atoms with E-state index in [-0.39, 0.29) is 6.04 Å². The largest absolute Gasteiger partial charge is 0.467 e. The average Bonchev–Trinajstić information content (AvgIpc) is 1.98. The van der Waals surface area contributed by atoms with Crippen LogP contribution in [0.1, 0.15) is 13.8 Å². The Labute approximate surface area is 66.1 Å². The van der Waals surface area contributed by atoms with Crippen LogP contribution < -0.4 is 5.32 Å². The summed E-state index contributed by atoms with van der Waals surface area (Å²) in [5.41, 5.74) is 0. The lowest BCUT2D eigenvalue weighted by atomic mass is 10.3. The van der Waals surface area contributed by atoms with Crippen molar-refractivity contribution < 1.29 is 9.53 Å². The van der Waals surface area contributed by atoms with Gasteiger partial charge in [-0.25, -0.2) is 4.79 Å². The van der Waals surface area contributed by atoms with Crippen LogP contribution in [0.25, 0.3) is 0 Å². The fourth-order valence-electron chi connectivity index (χ4n) is 0.609. The normalized spacial score (nSPS) is 12.3. The Balaban J connectivity index is 3.98. The number of hydrogen-bond acceptors (Lipinski definition) is 4. The van der Waals surface area contributed by atoms with Gasteiger partial charge in [0.25, 0.3) is 0 Å². The Bertz CT molecular complexity index is 172. The highest BCUT2D eigenvalue weighted by atomic mass is 16.5. The van der Waals surface area contributed by atoms with E-state index in [4.69, 9.17) is 5.26 Å². The lowest BCUT2D eigenvalue weighted by Gasteiger charge is -2.11. The van der Waals surface area contributed by atoms with E-state index in [2.05, 4.69) is 10.1 Å². The summed E-state index contributed by atoms with van der Waals surface area (Å²) in [5, 5.41) is 11.2. The first kappa shape index (κ1) is 9.92. The molecule has 0 saturated carbocycles. The van der Waals surface area contributed by atoms with Gasteiger partial charge in [0.2, 0.25) is 0 Å². The number of nitrogens with zero attached hydrogens (tertiary/aromatic N) is 1. The summed E-state index contributed by atoms with van der Waals surface area (Å²) >= 11 is 0. The zero-order valence-corrected chi connectivity index (χ0v) is 6.92. The van der Waals surface area contributed by atoms with Gasteiger partial charge in [-0.05, 0) is 13.8 Å². The van der Waals surface area contributed by atoms with Gasteiger partial charge in [-0.15, -0.1) is 0 Å². The molecule has 0 aliphatic carbocycles. The van der Waals surface area contributed by atoms with E-state index in [1.54, 1.807) is 6.07 Å². The highest BCUT2D eigenvalue weighted by Gasteiger charge is 2.17. The minimum atomic E-state index is -0.847. The Morgan fingerprint density at radius 2 is 2.18 bits per heavy atom. The summed E-state index contributed by atoms with van der Waals surface area (Å²) in [7, 11) is 1.26. The van der Waals surface area contributed by atoms with Crippen molar-refractivity contribution in [3.8, 4) is 6.07 Å². The number of nitriles is 1. The summed E-state index contributed by atoms with van der Waals surface area (Å²) < 4.78 is 4.38. The van der Waals surface area contributed by atoms with Gasteiger partial charge >= 0.3 is 5.97 Å². The molecule has 0 heterocycles. The molecule has 0 amide bonds. The van der Waals surface area contributed by atoms with E-state index in [0.717, 1.165) is 0 Å². The van der Waals surface area contributed by atoms with E-state index in [1.807, 2.05) is 13.8 Å². The Morgan fingerprint density at radius 3 is 2.45 bits per heavy atom. The molecule has 0 fully saturated rings. The van der Waals surface area contributed by atoms with Gasteiger partial charge in [0.05, 0.1) is 13.2 Å². The second kappa shape index (κ2) is 4.69. The number of ether oxygens (including phenoxy) is 1. The smallest absolute Gasteiger partial charge is 0.337 e. The molecular weight excluding hydrogens is 144 g/mol. The Morgan fingerprint density at radius 1 is 1.64 bits per heavy atom. The molecule has 0 aliphatic rings. The number of carbonyl (C=O) groups is 1. The van der Waals surface area contributed by atoms with Gasteiger partial charge in [0.1, 0.15) is 0 Å². The third-order valence-electron chi connectivity index (χ3n) is 1.07. The molecule has 1 unspecified atom stereocenters. The van der Waals surface area contributed by atoms with Gasteiger partial charge in [-0.2, -0.15) is 5.26 Å². The van der Waals surface area contributed by atoms with Crippen LogP contribution in [0.2, 0.25) is 0 Å². The maximum Gasteiger partial charge on any atom is 0.337 e. The molecule has 0 spiro atoms. The summed E-state index contributed by atoms with van der Waals surface area (Å²) in [6.07, 6.45) is 0. The molecule has 1 atom stereocenters. The molecule has 0 aromatic heterocycles. The van der Waals surface area contributed by atoms with Crippen LogP contribution >= 0.6 is 0 Å². The van der Waals surface area contributed by atoms with Crippen LogP contribution in [0.15, 0.2) is 0 Å². The maximum absolute atomic E-state index is 10.8. The first-order chi connectivity index (χ1) is 5.11. The summed E-state index contributed by atoms with van der Waals surface area (Å²) in [4.78, 5) is 10.8. The van der Waals surface area contributed by atoms with Crippen LogP contribution in [0, 0.1) is 11.3 Å². The van der Waals surface area contributed by atoms with Crippen LogP contribution in [0.3, 0.4) is 0 Å². The zero-order valence-electron chi connectivity index (χ0n) is 6.92. The number of nitrogens with one attached hydrogen (secondary N) is 1. The molecule has 0 aromatic rings. The van der Waals surface area contributed by atoms with Crippen molar-refractivity contribution in [3.05, 3.63) is 0 Å². The van der Waals surface area contributed by atoms with Crippen molar-refractivity contribution in [2.24, 2.45) is 0 Å². The van der Waals surface area contributed by atoms with E-state index in [0.29, 0.717) is 0 Å². The first-order valence-electron chi connectivity index (χ1n) is 3.35. The zero-order chi connectivity index (χ0) is 8.85. The van der Waals surface area contributed by atoms with Gasteiger partial charge < -0.3 is 4.74 Å². The van der Waals surface area contributed by atoms with Crippen LogP contribution in [-0.2, 0) is 9.53 Å². The van der Waals surface area contributed by atoms with Gasteiger partial charge in [-0.3, -0.25) is 5.32 Å². The number of carbonyl (C=O) groups excluding carboxylic acids is 1. The summed E-state index contributed by atoms with van der Waals surface area (Å²) in [5.74, 6) is -0.541. The van der Waals surface area contributed by atoms with E-state index in [1.165, 1.54) is 7.11 Å². The molecule has 62 valence electrons. The highest BCUT2D eigenvalue weighted by Crippen LogP contribution is 1.88. The fourth-order valence-corrected chi connectivity index (χ4v) is 0.609. The number of rotatable bonds is 3. The van der Waals surface area contributed by atoms with Crippen molar-refractivity contribution in [1.29, 1.82) is 5.26 Å². The van der Waals surface area contributed by atoms with E-state index >= 15 is 0 Å². The van der Waals surface area contributed by atoms with Crippen LogP contribution in [0.4, 0.5) is 0 Å². The number of hydrogen-bond donors (Lipinski definition) is 1. The molecule has 1 N–H and O–H groups in total. The predicted molar refractivity (Wildman–Crippen MR) is 39.7 cm³/mol. The number of esters is 1. The number of methoxy groups -OCH3 is 1. The molecular formula is C7H12N2O2. The molecule has 0 aliphatic heterocycles. The van der Waals surface area contributed by atoms with Crippen molar-refractivity contribution >= 4 is 5.97 Å². The molecule has 0 rings (SSSR count). The second-order valence-electron chi connectivity index (χ2n) is 2.41. The third-order valence-corrected chi connectivity index (χ3v) is 1.07. The van der Waals surface area contributed by atoms with Crippen molar-refractivity contribution in [1.82, 2.24) is 5.32 Å². The average molecular weight is 156 g/mol. The lowest BCUT2D eigenvalue weighted by molar-refractivity contribution is -0.141. The molecule has 0 saturated heterocycles. The summed E-state index contributed by atoms with van der Waals surface area (Å²) in [6.45, 7) is 3.71. The van der Waals surface area contributed by atoms with Crippen LogP contribution in [0.5, 0.6) is 0 Å². The van der Waals surface area contributed by atoms with Crippen molar-refractivity contribution in [2.75, 3.05) is 7.11 Å². The topological polar surface area (TPSA) is 62.1 Å². The second-order valence-corrected chi connectivity index (χ2v) is 2.41. The maximum atomic E-state index is 10.8. The van der Waals surface area contributed by atoms with Gasteiger partial charge in [0.15, 0.2) is 6.04 Å². The highest BCUT2D eigenvalue weighted by molar-refractivity contribution is 5.78. The van der Waals surface area contributed by atoms with Crippen LogP contribution in [-0.4, -0.2) is 25.2 Å². The van der Waals surface area contributed by atoms with E-state index < -0.39 is 12.0 Å². The van der Waals surface area contributed by atoms with Gasteiger partial charge in [-0.1, -0.05) is 0 Å². The fraction of sp³-hybridized carbons (Fsp3) is 0.714. The van der Waals surface area contributed by atoms with Crippen molar-refractivity contribution in [3.63, 3.8) is 0 Å². The Hall–Kier alpha value is -1.08.